The highest BCUT2D eigenvalue weighted by molar-refractivity contribution is 7.45. The van der Waals surface area contributed by atoms with Gasteiger partial charge in [0.05, 0.1) is 0 Å². The SMILES string of the molecule is C[Si](Cl)(Cl)CCC1(CC[Si](C)(Cl)Cl)CCCC1. The van der Waals surface area contributed by atoms with Crippen molar-refractivity contribution < 1.29 is 0 Å². The standard InChI is InChI=1S/C11H22Cl4Si2/c1-16(12,13)9-7-11(5-3-4-6-11)8-10-17(2,14)15/h3-10H2,1-2H3. The molecule has 1 aliphatic rings. The highest BCUT2D eigenvalue weighted by Crippen LogP contribution is 2.48. The highest BCUT2D eigenvalue weighted by Gasteiger charge is 2.37. The molecule has 0 radical (unpaired) electrons. The third kappa shape index (κ3) is 7.07. The van der Waals surface area contributed by atoms with Crippen LogP contribution in [0.1, 0.15) is 38.5 Å². The summed E-state index contributed by atoms with van der Waals surface area (Å²) in [6.07, 6.45) is 7.63. The summed E-state index contributed by atoms with van der Waals surface area (Å²) in [5.74, 6) is 0. The summed E-state index contributed by atoms with van der Waals surface area (Å²) in [4.78, 5) is 0. The molecule has 0 nitrogen and oxygen atoms in total. The zero-order valence-electron chi connectivity index (χ0n) is 10.7. The van der Waals surface area contributed by atoms with Gasteiger partial charge >= 0.3 is 0 Å². The number of hydrogen-bond donors (Lipinski definition) is 0. The Morgan fingerprint density at radius 1 is 0.824 bits per heavy atom. The number of halogens is 4. The van der Waals surface area contributed by atoms with Gasteiger partial charge in [-0.25, -0.2) is 0 Å². The minimum atomic E-state index is -1.96. The van der Waals surface area contributed by atoms with E-state index in [2.05, 4.69) is 0 Å². The molecule has 0 aromatic heterocycles. The lowest BCUT2D eigenvalue weighted by molar-refractivity contribution is 0.271. The molecule has 0 bridgehead atoms. The van der Waals surface area contributed by atoms with Crippen LogP contribution >= 0.6 is 44.3 Å². The Morgan fingerprint density at radius 3 is 1.47 bits per heavy atom. The third-order valence-electron chi connectivity index (χ3n) is 3.85. The fraction of sp³-hybridized carbons (Fsp3) is 1.00. The number of hydrogen-bond acceptors (Lipinski definition) is 0. The molecule has 0 saturated heterocycles. The maximum Gasteiger partial charge on any atom is 0.248 e. The van der Waals surface area contributed by atoms with Crippen LogP contribution in [-0.2, 0) is 0 Å². The van der Waals surface area contributed by atoms with Gasteiger partial charge in [-0.05, 0) is 56.3 Å². The van der Waals surface area contributed by atoms with Gasteiger partial charge in [0.25, 0.3) is 0 Å². The van der Waals surface area contributed by atoms with Gasteiger partial charge in [-0.2, -0.15) is 0 Å². The van der Waals surface area contributed by atoms with E-state index < -0.39 is 13.4 Å². The van der Waals surface area contributed by atoms with Crippen molar-refractivity contribution in [1.82, 2.24) is 0 Å². The van der Waals surface area contributed by atoms with E-state index in [0.717, 1.165) is 12.1 Å². The van der Waals surface area contributed by atoms with Crippen LogP contribution in [0.15, 0.2) is 0 Å². The summed E-state index contributed by atoms with van der Waals surface area (Å²) < 4.78 is 0. The first kappa shape index (κ1) is 16.6. The van der Waals surface area contributed by atoms with Crippen LogP contribution in [0.3, 0.4) is 0 Å². The minimum Gasteiger partial charge on any atom is -0.146 e. The van der Waals surface area contributed by atoms with Gasteiger partial charge in [0, 0.05) is 0 Å². The van der Waals surface area contributed by atoms with E-state index in [1.54, 1.807) is 0 Å². The van der Waals surface area contributed by atoms with Gasteiger partial charge in [0.15, 0.2) is 0 Å². The molecule has 0 aliphatic heterocycles. The van der Waals surface area contributed by atoms with Crippen LogP contribution in [0.4, 0.5) is 0 Å². The van der Waals surface area contributed by atoms with Crippen molar-refractivity contribution in [3.63, 3.8) is 0 Å². The summed E-state index contributed by atoms with van der Waals surface area (Å²) in [6, 6.07) is 2.00. The normalized spacial score (nSPS) is 20.8. The van der Waals surface area contributed by atoms with Crippen molar-refractivity contribution in [1.29, 1.82) is 0 Å². The summed E-state index contributed by atoms with van der Waals surface area (Å²) >= 11 is 24.9. The van der Waals surface area contributed by atoms with Gasteiger partial charge in [0.2, 0.25) is 13.4 Å². The molecular formula is C11H22Cl4Si2. The van der Waals surface area contributed by atoms with E-state index in [9.17, 15) is 0 Å². The van der Waals surface area contributed by atoms with Gasteiger partial charge in [0.1, 0.15) is 0 Å². The van der Waals surface area contributed by atoms with Crippen LogP contribution in [0.5, 0.6) is 0 Å². The van der Waals surface area contributed by atoms with Crippen molar-refractivity contribution in [2.45, 2.75) is 63.7 Å². The average molecular weight is 352 g/mol. The summed E-state index contributed by atoms with van der Waals surface area (Å²) in [7, 11) is 0. The van der Waals surface area contributed by atoms with Crippen molar-refractivity contribution in [2.24, 2.45) is 5.41 Å². The highest BCUT2D eigenvalue weighted by atomic mass is 35.7. The van der Waals surface area contributed by atoms with E-state index in [1.807, 2.05) is 13.1 Å². The first-order chi connectivity index (χ1) is 7.62. The van der Waals surface area contributed by atoms with Gasteiger partial charge in [-0.1, -0.05) is 12.8 Å². The Bertz CT molecular complexity index is 219. The summed E-state index contributed by atoms with van der Waals surface area (Å²) in [5.41, 5.74) is 0.441. The fourth-order valence-electron chi connectivity index (χ4n) is 2.72. The zero-order valence-corrected chi connectivity index (χ0v) is 15.7. The second kappa shape index (κ2) is 6.36. The molecule has 0 amide bonds. The van der Waals surface area contributed by atoms with Crippen LogP contribution in [-0.4, -0.2) is 13.4 Å². The molecule has 1 saturated carbocycles. The largest absolute Gasteiger partial charge is 0.248 e. The zero-order chi connectivity index (χ0) is 13.2. The van der Waals surface area contributed by atoms with Crippen LogP contribution in [0, 0.1) is 5.41 Å². The van der Waals surface area contributed by atoms with Crippen LogP contribution in [0.25, 0.3) is 0 Å². The van der Waals surface area contributed by atoms with Gasteiger partial charge in [-0.3, -0.25) is 0 Å². The van der Waals surface area contributed by atoms with Crippen molar-refractivity contribution >= 4 is 57.7 Å². The van der Waals surface area contributed by atoms with E-state index in [0.29, 0.717) is 5.41 Å². The fourth-order valence-corrected chi connectivity index (χ4v) is 5.79. The third-order valence-corrected chi connectivity index (χ3v) is 8.38. The lowest BCUT2D eigenvalue weighted by atomic mass is 9.81. The first-order valence-corrected chi connectivity index (χ1v) is 15.8. The summed E-state index contributed by atoms with van der Waals surface area (Å²) in [6.45, 7) is 0.115. The Balaban J connectivity index is 2.51. The molecule has 1 fully saturated rings. The van der Waals surface area contributed by atoms with Crippen molar-refractivity contribution in [3.8, 4) is 0 Å². The average Bonchev–Trinajstić information content (AvgIpc) is 2.59. The van der Waals surface area contributed by atoms with E-state index in [4.69, 9.17) is 44.3 Å². The second-order valence-electron chi connectivity index (χ2n) is 5.85. The first-order valence-electron chi connectivity index (χ1n) is 6.38. The molecule has 0 atom stereocenters. The quantitative estimate of drug-likeness (QED) is 0.382. The molecule has 0 heterocycles. The predicted molar refractivity (Wildman–Crippen MR) is 86.4 cm³/mol. The van der Waals surface area contributed by atoms with E-state index >= 15 is 0 Å². The Kier molecular flexibility index (Phi) is 6.23. The van der Waals surface area contributed by atoms with Crippen LogP contribution in [0.2, 0.25) is 25.2 Å². The Morgan fingerprint density at radius 2 is 1.18 bits per heavy atom. The van der Waals surface area contributed by atoms with Crippen LogP contribution < -0.4 is 0 Å². The molecule has 102 valence electrons. The molecule has 0 aromatic carbocycles. The second-order valence-corrected chi connectivity index (χ2v) is 22.3. The van der Waals surface area contributed by atoms with Crippen molar-refractivity contribution in [3.05, 3.63) is 0 Å². The van der Waals surface area contributed by atoms with E-state index in [-0.39, 0.29) is 0 Å². The maximum atomic E-state index is 6.22. The maximum absolute atomic E-state index is 6.22. The predicted octanol–water partition coefficient (Wildman–Crippen LogP) is 6.43. The lowest BCUT2D eigenvalue weighted by Crippen LogP contribution is -2.25. The Labute approximate surface area is 126 Å². The Hall–Kier alpha value is 1.59. The molecule has 6 heteroatoms. The molecule has 17 heavy (non-hydrogen) atoms. The topological polar surface area (TPSA) is 0 Å². The monoisotopic (exact) mass is 350 g/mol. The van der Waals surface area contributed by atoms with Gasteiger partial charge < -0.3 is 0 Å². The number of rotatable bonds is 6. The van der Waals surface area contributed by atoms with E-state index in [1.165, 1.54) is 38.5 Å². The molecule has 0 N–H and O–H groups in total. The lowest BCUT2D eigenvalue weighted by Gasteiger charge is -2.31. The molecular weight excluding hydrogens is 330 g/mol. The molecule has 1 rings (SSSR count). The van der Waals surface area contributed by atoms with Crippen molar-refractivity contribution in [2.75, 3.05) is 0 Å². The molecule has 0 aromatic rings. The smallest absolute Gasteiger partial charge is 0.146 e. The molecule has 1 aliphatic carbocycles. The molecule has 0 spiro atoms. The summed E-state index contributed by atoms with van der Waals surface area (Å²) in [5, 5.41) is 0. The minimum absolute atomic E-state index is 0.441. The van der Waals surface area contributed by atoms with Gasteiger partial charge in [-0.15, -0.1) is 44.3 Å². The molecule has 0 unspecified atom stereocenters.